The summed E-state index contributed by atoms with van der Waals surface area (Å²) in [5.74, 6) is 0.0778. The maximum Gasteiger partial charge on any atom is 0.344 e. The topological polar surface area (TPSA) is 54.0 Å². The Kier molecular flexibility index (Phi) is 5.72. The molecule has 0 aliphatic carbocycles. The van der Waals surface area contributed by atoms with E-state index in [9.17, 15) is 9.18 Å². The lowest BCUT2D eigenvalue weighted by Gasteiger charge is -2.20. The number of esters is 1. The minimum Gasteiger partial charge on any atom is -0.482 e. The molecule has 1 aliphatic rings. The van der Waals surface area contributed by atoms with E-state index in [0.717, 1.165) is 11.1 Å². The van der Waals surface area contributed by atoms with Gasteiger partial charge in [-0.1, -0.05) is 42.5 Å². The zero-order valence-electron chi connectivity index (χ0n) is 15.6. The Bertz CT molecular complexity index is 986. The fraction of sp³-hybridized carbons (Fsp3) is 0.174. The predicted molar refractivity (Wildman–Crippen MR) is 104 cm³/mol. The smallest absolute Gasteiger partial charge is 0.344 e. The van der Waals surface area contributed by atoms with Crippen molar-refractivity contribution in [2.45, 2.75) is 13.2 Å². The summed E-state index contributed by atoms with van der Waals surface area (Å²) < 4.78 is 35.0. The third-order valence-electron chi connectivity index (χ3n) is 4.46. The molecule has 0 unspecified atom stereocenters. The van der Waals surface area contributed by atoms with Crippen molar-refractivity contribution in [1.82, 2.24) is 0 Å². The molecule has 0 atom stereocenters. The normalized spacial score (nSPS) is 12.6. The Hall–Kier alpha value is -3.38. The highest BCUT2D eigenvalue weighted by atomic mass is 19.1. The molecule has 0 bridgehead atoms. The maximum absolute atomic E-state index is 13.7. The first-order chi connectivity index (χ1) is 14.2. The van der Waals surface area contributed by atoms with E-state index < -0.39 is 11.8 Å². The number of ether oxygens (including phenoxy) is 4. The molecule has 0 radical (unpaired) electrons. The summed E-state index contributed by atoms with van der Waals surface area (Å²) in [6, 6.07) is 20.0. The zero-order chi connectivity index (χ0) is 20.1. The summed E-state index contributed by atoms with van der Waals surface area (Å²) in [5, 5.41) is 0. The molecular weight excluding hydrogens is 375 g/mol. The molecule has 0 spiro atoms. The molecule has 0 saturated carbocycles. The number of hydrogen-bond donors (Lipinski definition) is 0. The lowest BCUT2D eigenvalue weighted by molar-refractivity contribution is -0.147. The van der Waals surface area contributed by atoms with Crippen LogP contribution in [0.15, 0.2) is 66.7 Å². The van der Waals surface area contributed by atoms with Gasteiger partial charge in [0.2, 0.25) is 0 Å². The van der Waals surface area contributed by atoms with Crippen molar-refractivity contribution in [3.05, 3.63) is 83.7 Å². The van der Waals surface area contributed by atoms with E-state index in [4.69, 9.17) is 18.9 Å². The fourth-order valence-electron chi connectivity index (χ4n) is 3.08. The second-order valence-corrected chi connectivity index (χ2v) is 6.50. The van der Waals surface area contributed by atoms with Gasteiger partial charge in [-0.2, -0.15) is 0 Å². The molecule has 29 heavy (non-hydrogen) atoms. The number of hydrogen-bond acceptors (Lipinski definition) is 5. The standard InChI is InChI=1S/C23H19FO5/c24-20-10-18-12-26-15-29-23(18)19(11-20)13-28-22(25)14-27-21-8-6-17(7-9-21)16-4-2-1-3-5-16/h1-11H,12-15H2. The van der Waals surface area contributed by atoms with Crippen molar-refractivity contribution in [2.24, 2.45) is 0 Å². The number of carbonyl (C=O) groups excluding carboxylic acids is 1. The Morgan fingerprint density at radius 3 is 2.55 bits per heavy atom. The van der Waals surface area contributed by atoms with Gasteiger partial charge in [-0.25, -0.2) is 9.18 Å². The molecule has 1 heterocycles. The van der Waals surface area contributed by atoms with Crippen molar-refractivity contribution in [3.8, 4) is 22.6 Å². The van der Waals surface area contributed by atoms with Crippen LogP contribution in [-0.4, -0.2) is 19.4 Å². The third-order valence-corrected chi connectivity index (χ3v) is 4.46. The molecule has 3 aromatic rings. The molecule has 5 nitrogen and oxygen atoms in total. The summed E-state index contributed by atoms with van der Waals surface area (Å²) in [6.07, 6.45) is 0. The van der Waals surface area contributed by atoms with Crippen LogP contribution < -0.4 is 9.47 Å². The first-order valence-corrected chi connectivity index (χ1v) is 9.15. The minimum absolute atomic E-state index is 0.0850. The fourth-order valence-corrected chi connectivity index (χ4v) is 3.08. The van der Waals surface area contributed by atoms with Crippen LogP contribution in [0, 0.1) is 5.82 Å². The van der Waals surface area contributed by atoms with Crippen molar-refractivity contribution >= 4 is 5.97 Å². The van der Waals surface area contributed by atoms with Gasteiger partial charge in [-0.05, 0) is 35.4 Å². The van der Waals surface area contributed by atoms with Crippen LogP contribution in [-0.2, 0) is 27.5 Å². The summed E-state index contributed by atoms with van der Waals surface area (Å²) in [6.45, 7) is -0.000809. The molecule has 0 amide bonds. The highest BCUT2D eigenvalue weighted by Gasteiger charge is 2.18. The van der Waals surface area contributed by atoms with Crippen LogP contribution in [0.2, 0.25) is 0 Å². The Balaban J connectivity index is 1.31. The number of carbonyl (C=O) groups is 1. The quantitative estimate of drug-likeness (QED) is 0.577. The van der Waals surface area contributed by atoms with Crippen LogP contribution in [0.3, 0.4) is 0 Å². The third kappa shape index (κ3) is 4.73. The summed E-state index contributed by atoms with van der Waals surface area (Å²) in [5.41, 5.74) is 3.21. The van der Waals surface area contributed by atoms with Gasteiger partial charge < -0.3 is 18.9 Å². The Morgan fingerprint density at radius 2 is 1.76 bits per heavy atom. The van der Waals surface area contributed by atoms with Crippen LogP contribution in [0.4, 0.5) is 4.39 Å². The van der Waals surface area contributed by atoms with Crippen LogP contribution >= 0.6 is 0 Å². The highest BCUT2D eigenvalue weighted by molar-refractivity contribution is 5.71. The zero-order valence-corrected chi connectivity index (χ0v) is 15.6. The van der Waals surface area contributed by atoms with E-state index in [1.807, 2.05) is 42.5 Å². The van der Waals surface area contributed by atoms with Crippen LogP contribution in [0.1, 0.15) is 11.1 Å². The molecule has 148 valence electrons. The first kappa shape index (κ1) is 19.0. The average Bonchev–Trinajstić information content (AvgIpc) is 2.77. The number of fused-ring (bicyclic) bond motifs is 1. The van der Waals surface area contributed by atoms with Gasteiger partial charge in [0.05, 0.1) is 6.61 Å². The lowest BCUT2D eigenvalue weighted by atomic mass is 10.1. The van der Waals surface area contributed by atoms with Gasteiger partial charge in [0, 0.05) is 11.1 Å². The van der Waals surface area contributed by atoms with Gasteiger partial charge in [-0.15, -0.1) is 0 Å². The summed E-state index contributed by atoms with van der Waals surface area (Å²) >= 11 is 0. The molecule has 3 aromatic carbocycles. The predicted octanol–water partition coefficient (Wildman–Crippen LogP) is 4.48. The second kappa shape index (κ2) is 8.75. The highest BCUT2D eigenvalue weighted by Crippen LogP contribution is 2.30. The Morgan fingerprint density at radius 1 is 1.00 bits per heavy atom. The van der Waals surface area contributed by atoms with E-state index >= 15 is 0 Å². The van der Waals surface area contributed by atoms with Crippen molar-refractivity contribution in [2.75, 3.05) is 13.4 Å². The summed E-state index contributed by atoms with van der Waals surface area (Å²) in [4.78, 5) is 12.0. The van der Waals surface area contributed by atoms with Gasteiger partial charge in [0.15, 0.2) is 13.4 Å². The maximum atomic E-state index is 13.7. The average molecular weight is 394 g/mol. The molecular formula is C23H19FO5. The molecule has 4 rings (SSSR count). The van der Waals surface area contributed by atoms with E-state index in [1.54, 1.807) is 12.1 Å². The van der Waals surface area contributed by atoms with E-state index in [-0.39, 0.29) is 26.6 Å². The number of halogens is 1. The largest absolute Gasteiger partial charge is 0.482 e. The van der Waals surface area contributed by atoms with Gasteiger partial charge >= 0.3 is 5.97 Å². The molecule has 0 N–H and O–H groups in total. The van der Waals surface area contributed by atoms with E-state index in [2.05, 4.69) is 0 Å². The van der Waals surface area contributed by atoms with Crippen molar-refractivity contribution in [1.29, 1.82) is 0 Å². The minimum atomic E-state index is -0.554. The van der Waals surface area contributed by atoms with Gasteiger partial charge in [-0.3, -0.25) is 0 Å². The van der Waals surface area contributed by atoms with Crippen LogP contribution in [0.5, 0.6) is 11.5 Å². The SMILES string of the molecule is O=C(COc1ccc(-c2ccccc2)cc1)OCc1cc(F)cc2c1OCOC2. The molecule has 1 aliphatic heterocycles. The monoisotopic (exact) mass is 394 g/mol. The second-order valence-electron chi connectivity index (χ2n) is 6.50. The molecule has 0 fully saturated rings. The number of rotatable bonds is 6. The van der Waals surface area contributed by atoms with Gasteiger partial charge in [0.1, 0.15) is 23.9 Å². The van der Waals surface area contributed by atoms with Crippen LogP contribution in [0.25, 0.3) is 11.1 Å². The van der Waals surface area contributed by atoms with Gasteiger partial charge in [0.25, 0.3) is 0 Å². The first-order valence-electron chi connectivity index (χ1n) is 9.15. The summed E-state index contributed by atoms with van der Waals surface area (Å²) in [7, 11) is 0. The Labute approximate surface area is 167 Å². The lowest BCUT2D eigenvalue weighted by Crippen LogP contribution is -2.17. The van der Waals surface area contributed by atoms with E-state index in [0.29, 0.717) is 22.6 Å². The molecule has 6 heteroatoms. The number of benzene rings is 3. The molecule has 0 saturated heterocycles. The van der Waals surface area contributed by atoms with Crippen molar-refractivity contribution < 1.29 is 28.1 Å². The van der Waals surface area contributed by atoms with Crippen molar-refractivity contribution in [3.63, 3.8) is 0 Å². The van der Waals surface area contributed by atoms with E-state index in [1.165, 1.54) is 12.1 Å². The molecule has 0 aromatic heterocycles.